The number of hydrogen-bond donors (Lipinski definition) is 0. The van der Waals surface area contributed by atoms with Crippen molar-refractivity contribution in [3.05, 3.63) is 36.4 Å². The minimum atomic E-state index is -0.288. The predicted octanol–water partition coefficient (Wildman–Crippen LogP) is 0.871. The average molecular weight is 300 g/mol. The van der Waals surface area contributed by atoms with Crippen LogP contribution in [0.3, 0.4) is 0 Å². The lowest BCUT2D eigenvalue weighted by molar-refractivity contribution is -0.129. The van der Waals surface area contributed by atoms with E-state index in [1.165, 1.54) is 0 Å². The lowest BCUT2D eigenvalue weighted by Gasteiger charge is -2.19. The molecule has 7 nitrogen and oxygen atoms in total. The summed E-state index contributed by atoms with van der Waals surface area (Å²) in [5.74, 6) is 1.28. The molecule has 2 aromatic rings. The third kappa shape index (κ3) is 2.09. The van der Waals surface area contributed by atoms with Crippen LogP contribution in [0.2, 0.25) is 0 Å². The van der Waals surface area contributed by atoms with Crippen molar-refractivity contribution in [2.45, 2.75) is 19.5 Å². The smallest absolute Gasteiger partial charge is 0.233 e. The molecule has 7 heteroatoms. The van der Waals surface area contributed by atoms with Crippen LogP contribution in [0.25, 0.3) is 0 Å². The van der Waals surface area contributed by atoms with Crippen molar-refractivity contribution in [2.24, 2.45) is 5.92 Å². The summed E-state index contributed by atoms with van der Waals surface area (Å²) in [4.78, 5) is 28.2. The summed E-state index contributed by atoms with van der Waals surface area (Å²) in [5.41, 5.74) is 0. The van der Waals surface area contributed by atoms with E-state index in [4.69, 9.17) is 4.42 Å². The quantitative estimate of drug-likeness (QED) is 0.843. The summed E-state index contributed by atoms with van der Waals surface area (Å²) < 4.78 is 7.09. The molecule has 2 aliphatic rings. The molecular formula is C15H16N4O3. The molecule has 22 heavy (non-hydrogen) atoms. The average Bonchev–Trinajstić information content (AvgIpc) is 3.23. The Hall–Kier alpha value is -2.57. The van der Waals surface area contributed by atoms with Crippen LogP contribution in [0.4, 0.5) is 5.82 Å². The van der Waals surface area contributed by atoms with Crippen molar-refractivity contribution >= 4 is 17.6 Å². The van der Waals surface area contributed by atoms with Crippen LogP contribution in [0, 0.1) is 5.92 Å². The van der Waals surface area contributed by atoms with E-state index in [-0.39, 0.29) is 24.2 Å². The van der Waals surface area contributed by atoms with E-state index in [1.54, 1.807) is 28.3 Å². The zero-order valence-electron chi connectivity index (χ0n) is 12.0. The lowest BCUT2D eigenvalue weighted by Crippen LogP contribution is -2.36. The van der Waals surface area contributed by atoms with Crippen molar-refractivity contribution in [3.63, 3.8) is 0 Å². The standard InChI is InChI=1S/C15H16N4O3/c20-14-8-11(9-17(14)10-12-2-1-7-22-12)15(21)18-5-6-19-13(18)3-4-16-19/h1-4,7,11H,5-6,8-10H2. The first-order valence-corrected chi connectivity index (χ1v) is 7.36. The minimum Gasteiger partial charge on any atom is -0.467 e. The Morgan fingerprint density at radius 1 is 1.36 bits per heavy atom. The van der Waals surface area contributed by atoms with Gasteiger partial charge < -0.3 is 9.32 Å². The summed E-state index contributed by atoms with van der Waals surface area (Å²) in [5, 5.41) is 4.17. The van der Waals surface area contributed by atoms with Crippen LogP contribution in [-0.2, 0) is 22.7 Å². The number of nitrogens with zero attached hydrogens (tertiary/aromatic N) is 4. The van der Waals surface area contributed by atoms with E-state index in [9.17, 15) is 9.59 Å². The normalized spacial score (nSPS) is 20.7. The van der Waals surface area contributed by atoms with Crippen LogP contribution < -0.4 is 4.90 Å². The van der Waals surface area contributed by atoms with E-state index >= 15 is 0 Å². The monoisotopic (exact) mass is 300 g/mol. The fourth-order valence-electron chi connectivity index (χ4n) is 3.16. The topological polar surface area (TPSA) is 71.6 Å². The number of fused-ring (bicyclic) bond motifs is 1. The van der Waals surface area contributed by atoms with E-state index in [0.29, 0.717) is 26.2 Å². The fourth-order valence-corrected chi connectivity index (χ4v) is 3.16. The molecule has 0 aliphatic carbocycles. The molecule has 2 amide bonds. The Kier molecular flexibility index (Phi) is 2.99. The summed E-state index contributed by atoms with van der Waals surface area (Å²) >= 11 is 0. The maximum absolute atomic E-state index is 12.7. The molecule has 114 valence electrons. The van der Waals surface area contributed by atoms with Gasteiger partial charge in [0.05, 0.1) is 31.5 Å². The highest BCUT2D eigenvalue weighted by Gasteiger charge is 2.38. The Morgan fingerprint density at radius 2 is 2.27 bits per heavy atom. The van der Waals surface area contributed by atoms with Gasteiger partial charge in [0.15, 0.2) is 0 Å². The molecule has 1 saturated heterocycles. The molecule has 0 spiro atoms. The minimum absolute atomic E-state index is 0.00227. The van der Waals surface area contributed by atoms with Crippen LogP contribution in [-0.4, -0.2) is 39.6 Å². The van der Waals surface area contributed by atoms with Gasteiger partial charge in [0.25, 0.3) is 0 Å². The predicted molar refractivity (Wildman–Crippen MR) is 76.8 cm³/mol. The number of rotatable bonds is 3. The highest BCUT2D eigenvalue weighted by atomic mass is 16.3. The van der Waals surface area contributed by atoms with Crippen molar-refractivity contribution in [1.82, 2.24) is 14.7 Å². The number of amides is 2. The number of carbonyl (C=O) groups is 2. The molecular weight excluding hydrogens is 284 g/mol. The van der Waals surface area contributed by atoms with Gasteiger partial charge in [-0.25, -0.2) is 4.68 Å². The number of aromatic nitrogens is 2. The maximum Gasteiger partial charge on any atom is 0.233 e. The fraction of sp³-hybridized carbons (Fsp3) is 0.400. The SMILES string of the molecule is O=C1CC(C(=O)N2CCn3nccc32)CN1Cc1ccco1. The second kappa shape index (κ2) is 5.01. The summed E-state index contributed by atoms with van der Waals surface area (Å²) in [6.07, 6.45) is 3.55. The first-order chi connectivity index (χ1) is 10.7. The molecule has 1 fully saturated rings. The first kappa shape index (κ1) is 13.1. The van der Waals surface area contributed by atoms with Crippen molar-refractivity contribution in [2.75, 3.05) is 18.0 Å². The molecule has 4 heterocycles. The van der Waals surface area contributed by atoms with Crippen LogP contribution in [0.15, 0.2) is 35.1 Å². The van der Waals surface area contributed by atoms with Crippen LogP contribution in [0.1, 0.15) is 12.2 Å². The van der Waals surface area contributed by atoms with Gasteiger partial charge >= 0.3 is 0 Å². The van der Waals surface area contributed by atoms with Gasteiger partial charge in [-0.05, 0) is 12.1 Å². The largest absolute Gasteiger partial charge is 0.467 e. The van der Waals surface area contributed by atoms with E-state index in [2.05, 4.69) is 5.10 Å². The molecule has 4 rings (SSSR count). The maximum atomic E-state index is 12.7. The molecule has 0 bridgehead atoms. The highest BCUT2D eigenvalue weighted by Crippen LogP contribution is 2.27. The number of anilines is 1. The van der Waals surface area contributed by atoms with E-state index in [1.807, 2.05) is 16.8 Å². The summed E-state index contributed by atoms with van der Waals surface area (Å²) in [6, 6.07) is 5.47. The Balaban J connectivity index is 1.46. The molecule has 2 aliphatic heterocycles. The van der Waals surface area contributed by atoms with Gasteiger partial charge in [-0.2, -0.15) is 5.10 Å². The van der Waals surface area contributed by atoms with Gasteiger partial charge in [-0.1, -0.05) is 0 Å². The lowest BCUT2D eigenvalue weighted by atomic mass is 10.1. The molecule has 0 radical (unpaired) electrons. The molecule has 2 aromatic heterocycles. The van der Waals surface area contributed by atoms with Crippen LogP contribution in [0.5, 0.6) is 0 Å². The molecule has 1 atom stereocenters. The van der Waals surface area contributed by atoms with Gasteiger partial charge in [0.1, 0.15) is 11.6 Å². The number of furan rings is 1. The van der Waals surface area contributed by atoms with Crippen LogP contribution >= 0.6 is 0 Å². The van der Waals surface area contributed by atoms with E-state index < -0.39 is 0 Å². The van der Waals surface area contributed by atoms with Crippen molar-refractivity contribution < 1.29 is 14.0 Å². The van der Waals surface area contributed by atoms with Crippen molar-refractivity contribution in [1.29, 1.82) is 0 Å². The Bertz CT molecular complexity index is 706. The molecule has 0 saturated carbocycles. The number of carbonyl (C=O) groups excluding carboxylic acids is 2. The molecule has 1 unspecified atom stereocenters. The van der Waals surface area contributed by atoms with Gasteiger partial charge in [-0.15, -0.1) is 0 Å². The summed E-state index contributed by atoms with van der Waals surface area (Å²) in [7, 11) is 0. The Morgan fingerprint density at radius 3 is 3.09 bits per heavy atom. The molecule has 0 N–H and O–H groups in total. The third-order valence-corrected chi connectivity index (χ3v) is 4.26. The number of hydrogen-bond acceptors (Lipinski definition) is 4. The zero-order valence-corrected chi connectivity index (χ0v) is 12.0. The van der Waals surface area contributed by atoms with Gasteiger partial charge in [0.2, 0.25) is 11.8 Å². The zero-order chi connectivity index (χ0) is 15.1. The first-order valence-electron chi connectivity index (χ1n) is 7.36. The summed E-state index contributed by atoms with van der Waals surface area (Å²) in [6.45, 7) is 2.21. The van der Waals surface area contributed by atoms with Gasteiger partial charge in [-0.3, -0.25) is 14.5 Å². The Labute approximate surface area is 127 Å². The third-order valence-electron chi connectivity index (χ3n) is 4.26. The van der Waals surface area contributed by atoms with Crippen molar-refractivity contribution in [3.8, 4) is 0 Å². The van der Waals surface area contributed by atoms with E-state index in [0.717, 1.165) is 11.6 Å². The number of likely N-dealkylation sites (tertiary alicyclic amines) is 1. The second-order valence-electron chi connectivity index (χ2n) is 5.66. The van der Waals surface area contributed by atoms with Gasteiger partial charge in [0, 0.05) is 25.6 Å². The second-order valence-corrected chi connectivity index (χ2v) is 5.66. The highest BCUT2D eigenvalue weighted by molar-refractivity contribution is 5.98. The molecule has 0 aromatic carbocycles.